The molecule has 0 atom stereocenters. The molecule has 1 aromatic carbocycles. The lowest BCUT2D eigenvalue weighted by Gasteiger charge is -2.02. The van der Waals surface area contributed by atoms with Gasteiger partial charge < -0.3 is 0 Å². The summed E-state index contributed by atoms with van der Waals surface area (Å²) in [5.41, 5.74) is -0.302. The molecule has 16 heavy (non-hydrogen) atoms. The van der Waals surface area contributed by atoms with E-state index in [0.29, 0.717) is 4.88 Å². The molecule has 0 aliphatic carbocycles. The van der Waals surface area contributed by atoms with Crippen molar-refractivity contribution in [1.29, 1.82) is 0 Å². The molecule has 1 nitrogen and oxygen atoms in total. The highest BCUT2D eigenvalue weighted by molar-refractivity contribution is 7.12. The second-order valence-electron chi connectivity index (χ2n) is 3.05. The maximum absolute atomic E-state index is 13.4. The van der Waals surface area contributed by atoms with Gasteiger partial charge in [-0.2, -0.15) is 0 Å². The quantitative estimate of drug-likeness (QED) is 0.590. The van der Waals surface area contributed by atoms with Crippen LogP contribution in [0, 0.1) is 11.6 Å². The fourth-order valence-electron chi connectivity index (χ4n) is 1.24. The van der Waals surface area contributed by atoms with Gasteiger partial charge in [-0.15, -0.1) is 11.3 Å². The molecule has 0 radical (unpaired) electrons. The first-order valence-electron chi connectivity index (χ1n) is 4.32. The van der Waals surface area contributed by atoms with Crippen molar-refractivity contribution in [3.63, 3.8) is 0 Å². The molecule has 0 fully saturated rings. The summed E-state index contributed by atoms with van der Waals surface area (Å²) in [5, 5.41) is 1.36. The van der Waals surface area contributed by atoms with Gasteiger partial charge >= 0.3 is 0 Å². The smallest absolute Gasteiger partial charge is 0.205 e. The standard InChI is InChI=1S/C11H5ClF2OS/c12-7-5-8(13)6(4-9(7)14)11(15)10-2-1-3-16-10/h1-5H. The van der Waals surface area contributed by atoms with Gasteiger partial charge in [-0.25, -0.2) is 8.78 Å². The fraction of sp³-hybridized carbons (Fsp3) is 0. The van der Waals surface area contributed by atoms with E-state index in [4.69, 9.17) is 11.6 Å². The average Bonchev–Trinajstić information content (AvgIpc) is 2.75. The Morgan fingerprint density at radius 3 is 2.62 bits per heavy atom. The van der Waals surface area contributed by atoms with E-state index in [-0.39, 0.29) is 10.6 Å². The lowest BCUT2D eigenvalue weighted by Crippen LogP contribution is -2.03. The number of ketones is 1. The van der Waals surface area contributed by atoms with Gasteiger partial charge in [-0.1, -0.05) is 17.7 Å². The zero-order valence-corrected chi connectivity index (χ0v) is 9.41. The van der Waals surface area contributed by atoms with Crippen LogP contribution in [-0.4, -0.2) is 5.78 Å². The third kappa shape index (κ3) is 1.99. The van der Waals surface area contributed by atoms with Crippen LogP contribution in [0.15, 0.2) is 29.6 Å². The van der Waals surface area contributed by atoms with Crippen molar-refractivity contribution in [3.05, 3.63) is 56.7 Å². The Balaban J connectivity index is 2.49. The largest absolute Gasteiger partial charge is 0.288 e. The monoisotopic (exact) mass is 258 g/mol. The molecule has 0 N–H and O–H groups in total. The summed E-state index contributed by atoms with van der Waals surface area (Å²) in [4.78, 5) is 12.1. The van der Waals surface area contributed by atoms with Crippen LogP contribution in [0.25, 0.3) is 0 Å². The minimum atomic E-state index is -0.815. The summed E-state index contributed by atoms with van der Waals surface area (Å²) in [6, 6.07) is 4.85. The Kier molecular flexibility index (Phi) is 3.03. The first-order chi connectivity index (χ1) is 7.59. The Bertz CT molecular complexity index is 537. The van der Waals surface area contributed by atoms with E-state index in [1.807, 2.05) is 0 Å². The second-order valence-corrected chi connectivity index (χ2v) is 4.41. The number of benzene rings is 1. The third-order valence-corrected chi connectivity index (χ3v) is 3.16. The molecule has 0 saturated heterocycles. The molecule has 1 heterocycles. The molecule has 0 aliphatic rings. The van der Waals surface area contributed by atoms with Crippen molar-refractivity contribution in [3.8, 4) is 0 Å². The summed E-state index contributed by atoms with van der Waals surface area (Å²) < 4.78 is 26.5. The third-order valence-electron chi connectivity index (χ3n) is 2.00. The SMILES string of the molecule is O=C(c1cccs1)c1cc(F)c(Cl)cc1F. The summed E-state index contributed by atoms with van der Waals surface area (Å²) in [7, 11) is 0. The highest BCUT2D eigenvalue weighted by atomic mass is 35.5. The molecule has 0 unspecified atom stereocenters. The van der Waals surface area contributed by atoms with Crippen LogP contribution in [0.2, 0.25) is 5.02 Å². The lowest BCUT2D eigenvalue weighted by atomic mass is 10.1. The highest BCUT2D eigenvalue weighted by Gasteiger charge is 2.17. The molecule has 0 spiro atoms. The molecule has 82 valence electrons. The zero-order chi connectivity index (χ0) is 11.7. The van der Waals surface area contributed by atoms with Gasteiger partial charge in [0.25, 0.3) is 0 Å². The molecule has 1 aromatic heterocycles. The first kappa shape index (κ1) is 11.2. The number of carbonyl (C=O) groups excluding carboxylic acids is 1. The molecule has 0 amide bonds. The van der Waals surface area contributed by atoms with E-state index in [0.717, 1.165) is 12.1 Å². The molecule has 5 heteroatoms. The van der Waals surface area contributed by atoms with Crippen LogP contribution < -0.4 is 0 Å². The van der Waals surface area contributed by atoms with E-state index in [1.165, 1.54) is 11.3 Å². The summed E-state index contributed by atoms with van der Waals surface area (Å²) >= 11 is 6.56. The molecule has 0 aliphatic heterocycles. The second kappa shape index (κ2) is 4.31. The maximum Gasteiger partial charge on any atom is 0.205 e. The number of thiophene rings is 1. The van der Waals surface area contributed by atoms with Crippen LogP contribution in [0.1, 0.15) is 15.2 Å². The van der Waals surface area contributed by atoms with Crippen LogP contribution in [0.5, 0.6) is 0 Å². The number of hydrogen-bond acceptors (Lipinski definition) is 2. The fourth-order valence-corrected chi connectivity index (χ4v) is 2.07. The highest BCUT2D eigenvalue weighted by Crippen LogP contribution is 2.23. The Labute approximate surface area is 99.3 Å². The number of halogens is 3. The van der Waals surface area contributed by atoms with Gasteiger partial charge in [0.15, 0.2) is 0 Å². The van der Waals surface area contributed by atoms with E-state index in [2.05, 4.69) is 0 Å². The van der Waals surface area contributed by atoms with Crippen molar-refractivity contribution in [1.82, 2.24) is 0 Å². The average molecular weight is 259 g/mol. The number of hydrogen-bond donors (Lipinski definition) is 0. The van der Waals surface area contributed by atoms with Gasteiger partial charge in [0.2, 0.25) is 5.78 Å². The minimum Gasteiger partial charge on any atom is -0.288 e. The van der Waals surface area contributed by atoms with Gasteiger partial charge in [0.05, 0.1) is 15.5 Å². The predicted molar refractivity (Wildman–Crippen MR) is 59.1 cm³/mol. The van der Waals surface area contributed by atoms with E-state index in [1.54, 1.807) is 17.5 Å². The Morgan fingerprint density at radius 2 is 2.00 bits per heavy atom. The van der Waals surface area contributed by atoms with Crippen LogP contribution in [-0.2, 0) is 0 Å². The van der Waals surface area contributed by atoms with Gasteiger partial charge in [-0.3, -0.25) is 4.79 Å². The van der Waals surface area contributed by atoms with E-state index >= 15 is 0 Å². The molecular weight excluding hydrogens is 254 g/mol. The molecule has 2 aromatic rings. The van der Waals surface area contributed by atoms with Crippen LogP contribution in [0.4, 0.5) is 8.78 Å². The zero-order valence-electron chi connectivity index (χ0n) is 7.84. The minimum absolute atomic E-state index is 0.302. The van der Waals surface area contributed by atoms with E-state index in [9.17, 15) is 13.6 Å². The molecule has 0 saturated carbocycles. The van der Waals surface area contributed by atoms with Crippen molar-refractivity contribution in [2.75, 3.05) is 0 Å². The normalized spacial score (nSPS) is 10.4. The summed E-state index contributed by atoms with van der Waals surface area (Å²) in [5.74, 6) is -2.16. The molecular formula is C11H5ClF2OS. The van der Waals surface area contributed by atoms with Gasteiger partial charge in [-0.05, 0) is 23.6 Å². The van der Waals surface area contributed by atoms with Crippen LogP contribution in [0.3, 0.4) is 0 Å². The number of rotatable bonds is 2. The predicted octanol–water partition coefficient (Wildman–Crippen LogP) is 3.91. The van der Waals surface area contributed by atoms with Crippen molar-refractivity contribution < 1.29 is 13.6 Å². The molecule has 0 bridgehead atoms. The number of carbonyl (C=O) groups is 1. The maximum atomic E-state index is 13.4. The van der Waals surface area contributed by atoms with Gasteiger partial charge in [0, 0.05) is 0 Å². The van der Waals surface area contributed by atoms with Gasteiger partial charge in [0.1, 0.15) is 11.6 Å². The molecule has 2 rings (SSSR count). The summed E-state index contributed by atoms with van der Waals surface area (Å²) in [6.45, 7) is 0. The van der Waals surface area contributed by atoms with Crippen molar-refractivity contribution in [2.45, 2.75) is 0 Å². The van der Waals surface area contributed by atoms with Crippen molar-refractivity contribution >= 4 is 28.7 Å². The van der Waals surface area contributed by atoms with E-state index < -0.39 is 17.4 Å². The summed E-state index contributed by atoms with van der Waals surface area (Å²) in [6.07, 6.45) is 0. The first-order valence-corrected chi connectivity index (χ1v) is 5.58. The topological polar surface area (TPSA) is 17.1 Å². The van der Waals surface area contributed by atoms with Crippen molar-refractivity contribution in [2.24, 2.45) is 0 Å². The van der Waals surface area contributed by atoms with Crippen LogP contribution >= 0.6 is 22.9 Å². The Morgan fingerprint density at radius 1 is 1.25 bits per heavy atom. The lowest BCUT2D eigenvalue weighted by molar-refractivity contribution is 0.103. The Hall–Kier alpha value is -1.26.